The first-order chi connectivity index (χ1) is 8.04. The molecule has 1 amide bonds. The minimum absolute atomic E-state index is 0.0748. The SMILES string of the molecule is COc1ccccc1C(C)NC(=O)C=C(C)C. The molecule has 0 heterocycles. The number of ether oxygens (including phenoxy) is 1. The summed E-state index contributed by atoms with van der Waals surface area (Å²) in [6.07, 6.45) is 1.59. The molecule has 1 aromatic carbocycles. The van der Waals surface area contributed by atoms with Crippen LogP contribution in [0.2, 0.25) is 0 Å². The van der Waals surface area contributed by atoms with Crippen LogP contribution < -0.4 is 10.1 Å². The number of rotatable bonds is 4. The first kappa shape index (κ1) is 13.3. The molecule has 0 radical (unpaired) electrons. The minimum Gasteiger partial charge on any atom is -0.496 e. The van der Waals surface area contributed by atoms with Gasteiger partial charge in [0.25, 0.3) is 0 Å². The molecule has 0 aliphatic rings. The summed E-state index contributed by atoms with van der Waals surface area (Å²) in [5.41, 5.74) is 1.96. The number of hydrogen-bond donors (Lipinski definition) is 1. The van der Waals surface area contributed by atoms with Gasteiger partial charge < -0.3 is 10.1 Å². The van der Waals surface area contributed by atoms with Gasteiger partial charge in [-0.3, -0.25) is 4.79 Å². The maximum atomic E-state index is 11.6. The summed E-state index contributed by atoms with van der Waals surface area (Å²) in [5, 5.41) is 2.91. The number of nitrogens with one attached hydrogen (secondary N) is 1. The Morgan fingerprint density at radius 2 is 2.00 bits per heavy atom. The van der Waals surface area contributed by atoms with Crippen molar-refractivity contribution in [2.45, 2.75) is 26.8 Å². The van der Waals surface area contributed by atoms with Crippen molar-refractivity contribution in [1.82, 2.24) is 5.32 Å². The van der Waals surface area contributed by atoms with Crippen molar-refractivity contribution in [1.29, 1.82) is 0 Å². The number of carbonyl (C=O) groups is 1. The first-order valence-electron chi connectivity index (χ1n) is 5.63. The van der Waals surface area contributed by atoms with Crippen LogP contribution in [-0.2, 0) is 4.79 Å². The van der Waals surface area contributed by atoms with Crippen LogP contribution in [0.1, 0.15) is 32.4 Å². The second-order valence-electron chi connectivity index (χ2n) is 4.19. The molecule has 0 fully saturated rings. The zero-order chi connectivity index (χ0) is 12.8. The molecule has 0 aliphatic carbocycles. The molecule has 0 spiro atoms. The molecular formula is C14H19NO2. The number of para-hydroxylation sites is 1. The van der Waals surface area contributed by atoms with Crippen LogP contribution in [0.5, 0.6) is 5.75 Å². The molecule has 0 aromatic heterocycles. The van der Waals surface area contributed by atoms with E-state index in [1.165, 1.54) is 0 Å². The van der Waals surface area contributed by atoms with Crippen molar-refractivity contribution in [2.24, 2.45) is 0 Å². The first-order valence-corrected chi connectivity index (χ1v) is 5.63. The van der Waals surface area contributed by atoms with E-state index in [1.54, 1.807) is 13.2 Å². The second-order valence-corrected chi connectivity index (χ2v) is 4.19. The smallest absolute Gasteiger partial charge is 0.244 e. The summed E-state index contributed by atoms with van der Waals surface area (Å²) in [6.45, 7) is 5.73. The molecule has 92 valence electrons. The van der Waals surface area contributed by atoms with Gasteiger partial charge in [0, 0.05) is 11.6 Å². The molecule has 0 aliphatic heterocycles. The third-order valence-corrected chi connectivity index (χ3v) is 2.38. The molecule has 0 saturated heterocycles. The Morgan fingerprint density at radius 3 is 2.59 bits per heavy atom. The molecule has 1 atom stereocenters. The number of hydrogen-bond acceptors (Lipinski definition) is 2. The minimum atomic E-state index is -0.0802. The molecule has 1 N–H and O–H groups in total. The van der Waals surface area contributed by atoms with Gasteiger partial charge in [0.2, 0.25) is 5.91 Å². The molecule has 3 nitrogen and oxygen atoms in total. The Hall–Kier alpha value is -1.77. The van der Waals surface area contributed by atoms with E-state index in [4.69, 9.17) is 4.74 Å². The largest absolute Gasteiger partial charge is 0.496 e. The maximum absolute atomic E-state index is 11.6. The van der Waals surface area contributed by atoms with Crippen molar-refractivity contribution >= 4 is 5.91 Å². The predicted molar refractivity (Wildman–Crippen MR) is 69.0 cm³/mol. The van der Waals surface area contributed by atoms with Gasteiger partial charge in [-0.25, -0.2) is 0 Å². The van der Waals surface area contributed by atoms with Gasteiger partial charge in [-0.05, 0) is 26.8 Å². The van der Waals surface area contributed by atoms with E-state index in [2.05, 4.69) is 5.32 Å². The molecular weight excluding hydrogens is 214 g/mol. The van der Waals surface area contributed by atoms with Crippen molar-refractivity contribution in [2.75, 3.05) is 7.11 Å². The topological polar surface area (TPSA) is 38.3 Å². The molecule has 17 heavy (non-hydrogen) atoms. The summed E-state index contributed by atoms with van der Waals surface area (Å²) in [4.78, 5) is 11.6. The predicted octanol–water partition coefficient (Wildman–Crippen LogP) is 2.84. The molecule has 1 unspecified atom stereocenters. The van der Waals surface area contributed by atoms with Crippen LogP contribution in [-0.4, -0.2) is 13.0 Å². The molecule has 1 aromatic rings. The molecule has 0 bridgehead atoms. The number of carbonyl (C=O) groups excluding carboxylic acids is 1. The summed E-state index contributed by atoms with van der Waals surface area (Å²) in [5.74, 6) is 0.709. The normalized spacial score (nSPS) is 11.5. The average molecular weight is 233 g/mol. The number of benzene rings is 1. The fourth-order valence-electron chi connectivity index (χ4n) is 1.62. The lowest BCUT2D eigenvalue weighted by atomic mass is 10.1. The van der Waals surface area contributed by atoms with Crippen LogP contribution in [0.4, 0.5) is 0 Å². The van der Waals surface area contributed by atoms with Crippen LogP contribution in [0, 0.1) is 0 Å². The lowest BCUT2D eigenvalue weighted by Gasteiger charge is -2.16. The number of allylic oxidation sites excluding steroid dienone is 1. The van der Waals surface area contributed by atoms with Gasteiger partial charge in [-0.1, -0.05) is 23.8 Å². The van der Waals surface area contributed by atoms with E-state index in [0.29, 0.717) is 0 Å². The summed E-state index contributed by atoms with van der Waals surface area (Å²) < 4.78 is 5.26. The number of methoxy groups -OCH3 is 1. The van der Waals surface area contributed by atoms with Crippen LogP contribution >= 0.6 is 0 Å². The highest BCUT2D eigenvalue weighted by Gasteiger charge is 2.11. The fourth-order valence-corrected chi connectivity index (χ4v) is 1.62. The van der Waals surface area contributed by atoms with Gasteiger partial charge in [0.1, 0.15) is 5.75 Å². The van der Waals surface area contributed by atoms with Gasteiger partial charge >= 0.3 is 0 Å². The standard InChI is InChI=1S/C14H19NO2/c1-10(2)9-14(16)15-11(3)12-7-5-6-8-13(12)17-4/h5-9,11H,1-4H3,(H,15,16). The quantitative estimate of drug-likeness (QED) is 0.812. The molecule has 3 heteroatoms. The highest BCUT2D eigenvalue weighted by Crippen LogP contribution is 2.24. The average Bonchev–Trinajstić information content (AvgIpc) is 2.27. The molecule has 1 rings (SSSR count). The lowest BCUT2D eigenvalue weighted by molar-refractivity contribution is -0.117. The Kier molecular flexibility index (Phi) is 4.76. The Labute approximate surface area is 102 Å². The van der Waals surface area contributed by atoms with E-state index in [1.807, 2.05) is 45.0 Å². The fraction of sp³-hybridized carbons (Fsp3) is 0.357. The highest BCUT2D eigenvalue weighted by atomic mass is 16.5. The van der Waals surface area contributed by atoms with E-state index >= 15 is 0 Å². The van der Waals surface area contributed by atoms with E-state index in [-0.39, 0.29) is 11.9 Å². The lowest BCUT2D eigenvalue weighted by Crippen LogP contribution is -2.25. The monoisotopic (exact) mass is 233 g/mol. The van der Waals surface area contributed by atoms with E-state index < -0.39 is 0 Å². The zero-order valence-corrected chi connectivity index (χ0v) is 10.8. The van der Waals surface area contributed by atoms with Crippen molar-refractivity contribution in [3.05, 3.63) is 41.5 Å². The van der Waals surface area contributed by atoms with E-state index in [0.717, 1.165) is 16.9 Å². The van der Waals surface area contributed by atoms with Crippen molar-refractivity contribution < 1.29 is 9.53 Å². The van der Waals surface area contributed by atoms with Crippen LogP contribution in [0.15, 0.2) is 35.9 Å². The van der Waals surface area contributed by atoms with Gasteiger partial charge in [0.05, 0.1) is 13.2 Å². The van der Waals surface area contributed by atoms with Crippen molar-refractivity contribution in [3.63, 3.8) is 0 Å². The zero-order valence-electron chi connectivity index (χ0n) is 10.8. The van der Waals surface area contributed by atoms with Crippen LogP contribution in [0.3, 0.4) is 0 Å². The van der Waals surface area contributed by atoms with Crippen LogP contribution in [0.25, 0.3) is 0 Å². The van der Waals surface area contributed by atoms with Gasteiger partial charge in [0.15, 0.2) is 0 Å². The summed E-state index contributed by atoms with van der Waals surface area (Å²) in [7, 11) is 1.63. The summed E-state index contributed by atoms with van der Waals surface area (Å²) in [6, 6.07) is 7.61. The van der Waals surface area contributed by atoms with Crippen molar-refractivity contribution in [3.8, 4) is 5.75 Å². The third kappa shape index (κ3) is 3.94. The van der Waals surface area contributed by atoms with E-state index in [9.17, 15) is 4.79 Å². The second kappa shape index (κ2) is 6.09. The number of amides is 1. The summed E-state index contributed by atoms with van der Waals surface area (Å²) >= 11 is 0. The Morgan fingerprint density at radius 1 is 1.35 bits per heavy atom. The third-order valence-electron chi connectivity index (χ3n) is 2.38. The maximum Gasteiger partial charge on any atom is 0.244 e. The van der Waals surface area contributed by atoms with Gasteiger partial charge in [-0.2, -0.15) is 0 Å². The molecule has 0 saturated carbocycles. The highest BCUT2D eigenvalue weighted by molar-refractivity contribution is 5.88. The Balaban J connectivity index is 2.79. The Bertz CT molecular complexity index is 420. The van der Waals surface area contributed by atoms with Gasteiger partial charge in [-0.15, -0.1) is 0 Å².